The Balaban J connectivity index is 1.48. The first-order chi connectivity index (χ1) is 15.4. The molecule has 0 fully saturated rings. The minimum Gasteiger partial charge on any atom is -0.459 e. The zero-order valence-electron chi connectivity index (χ0n) is 17.7. The predicted molar refractivity (Wildman–Crippen MR) is 121 cm³/mol. The molecule has 2 aromatic heterocycles. The summed E-state index contributed by atoms with van der Waals surface area (Å²) < 4.78 is 6.40. The summed E-state index contributed by atoms with van der Waals surface area (Å²) in [5.74, 6) is -0.483. The first kappa shape index (κ1) is 21.0. The summed E-state index contributed by atoms with van der Waals surface area (Å²) in [5.41, 5.74) is 1.43. The molecule has 0 aliphatic carbocycles. The lowest BCUT2D eigenvalue weighted by atomic mass is 10.1. The van der Waals surface area contributed by atoms with Gasteiger partial charge < -0.3 is 15.1 Å². The lowest BCUT2D eigenvalue weighted by molar-refractivity contribution is 0.0944. The van der Waals surface area contributed by atoms with Gasteiger partial charge in [0, 0.05) is 17.6 Å². The number of rotatable bonds is 6. The smallest absolute Gasteiger partial charge is 0.291 e. The van der Waals surface area contributed by atoms with Crippen LogP contribution in [0.2, 0.25) is 0 Å². The molecule has 0 unspecified atom stereocenters. The fourth-order valence-corrected chi connectivity index (χ4v) is 3.30. The van der Waals surface area contributed by atoms with Crippen LogP contribution < -0.4 is 16.2 Å². The van der Waals surface area contributed by atoms with Crippen molar-refractivity contribution in [3.63, 3.8) is 0 Å². The Labute approximate surface area is 183 Å². The van der Waals surface area contributed by atoms with E-state index in [1.807, 2.05) is 13.8 Å². The molecule has 4 aromatic rings. The van der Waals surface area contributed by atoms with Gasteiger partial charge in [-0.15, -0.1) is 0 Å². The molecule has 2 heterocycles. The van der Waals surface area contributed by atoms with Gasteiger partial charge in [-0.05, 0) is 49.7 Å². The molecule has 8 heteroatoms. The zero-order chi connectivity index (χ0) is 22.7. The molecule has 0 radical (unpaired) electrons. The summed E-state index contributed by atoms with van der Waals surface area (Å²) in [7, 11) is 0. The van der Waals surface area contributed by atoms with Gasteiger partial charge >= 0.3 is 0 Å². The number of aromatic nitrogens is 2. The van der Waals surface area contributed by atoms with Crippen molar-refractivity contribution in [1.82, 2.24) is 15.1 Å². The van der Waals surface area contributed by atoms with Gasteiger partial charge in [0.15, 0.2) is 11.5 Å². The summed E-state index contributed by atoms with van der Waals surface area (Å²) in [6.45, 7) is 3.95. The van der Waals surface area contributed by atoms with Gasteiger partial charge in [-0.25, -0.2) is 4.68 Å². The molecule has 2 aromatic carbocycles. The van der Waals surface area contributed by atoms with E-state index in [2.05, 4.69) is 15.7 Å². The van der Waals surface area contributed by atoms with Crippen LogP contribution in [0.1, 0.15) is 46.5 Å². The van der Waals surface area contributed by atoms with Crippen molar-refractivity contribution in [2.75, 3.05) is 5.32 Å². The molecule has 2 amide bonds. The molecule has 0 saturated carbocycles. The van der Waals surface area contributed by atoms with Gasteiger partial charge in [0.05, 0.1) is 17.7 Å². The van der Waals surface area contributed by atoms with Crippen molar-refractivity contribution in [1.29, 1.82) is 0 Å². The van der Waals surface area contributed by atoms with E-state index in [0.29, 0.717) is 16.5 Å². The molecule has 0 aliphatic rings. The first-order valence-electron chi connectivity index (χ1n) is 10.2. The summed E-state index contributed by atoms with van der Waals surface area (Å²) >= 11 is 0. The number of amides is 2. The van der Waals surface area contributed by atoms with Crippen molar-refractivity contribution in [2.45, 2.75) is 26.4 Å². The SMILES string of the molecule is CC(C)n1nc(C(=O)NCc2ccc(NC(=O)c3ccco3)cc2)c2ccccc2c1=O. The lowest BCUT2D eigenvalue weighted by Crippen LogP contribution is -2.31. The number of fused-ring (bicyclic) bond motifs is 1. The number of anilines is 1. The number of benzene rings is 2. The fraction of sp³-hybridized carbons (Fsp3) is 0.167. The van der Waals surface area contributed by atoms with Crippen LogP contribution in [0.25, 0.3) is 10.8 Å². The van der Waals surface area contributed by atoms with Gasteiger partial charge in [0.1, 0.15) is 0 Å². The maximum atomic E-state index is 12.9. The summed E-state index contributed by atoms with van der Waals surface area (Å²) in [6, 6.07) is 17.1. The van der Waals surface area contributed by atoms with Crippen LogP contribution in [-0.4, -0.2) is 21.6 Å². The second kappa shape index (κ2) is 8.89. The number of nitrogens with zero attached hydrogens (tertiary/aromatic N) is 2. The van der Waals surface area contributed by atoms with E-state index in [1.165, 1.54) is 10.9 Å². The molecule has 8 nitrogen and oxygen atoms in total. The van der Waals surface area contributed by atoms with Crippen LogP contribution in [0.3, 0.4) is 0 Å². The van der Waals surface area contributed by atoms with E-state index < -0.39 is 0 Å². The summed E-state index contributed by atoms with van der Waals surface area (Å²) in [4.78, 5) is 37.6. The number of furan rings is 1. The van der Waals surface area contributed by atoms with Crippen molar-refractivity contribution in [3.05, 3.63) is 94.3 Å². The van der Waals surface area contributed by atoms with Gasteiger partial charge in [-0.3, -0.25) is 14.4 Å². The van der Waals surface area contributed by atoms with Crippen molar-refractivity contribution >= 4 is 28.3 Å². The van der Waals surface area contributed by atoms with Gasteiger partial charge in [-0.1, -0.05) is 30.3 Å². The van der Waals surface area contributed by atoms with E-state index in [0.717, 1.165) is 5.56 Å². The van der Waals surface area contributed by atoms with E-state index >= 15 is 0 Å². The zero-order valence-corrected chi connectivity index (χ0v) is 17.7. The lowest BCUT2D eigenvalue weighted by Gasteiger charge is -2.13. The quantitative estimate of drug-likeness (QED) is 0.485. The van der Waals surface area contributed by atoms with Gasteiger partial charge in [0.25, 0.3) is 17.4 Å². The van der Waals surface area contributed by atoms with Crippen LogP contribution in [0, 0.1) is 0 Å². The number of carbonyl (C=O) groups excluding carboxylic acids is 2. The van der Waals surface area contributed by atoms with Crippen molar-refractivity contribution < 1.29 is 14.0 Å². The Morgan fingerprint density at radius 2 is 1.69 bits per heavy atom. The molecule has 0 spiro atoms. The highest BCUT2D eigenvalue weighted by molar-refractivity contribution is 6.04. The normalized spacial score (nSPS) is 11.0. The topological polar surface area (TPSA) is 106 Å². The molecule has 32 heavy (non-hydrogen) atoms. The van der Waals surface area contributed by atoms with E-state index in [1.54, 1.807) is 60.7 Å². The van der Waals surface area contributed by atoms with E-state index in [-0.39, 0.29) is 41.4 Å². The Kier molecular flexibility index (Phi) is 5.85. The van der Waals surface area contributed by atoms with Crippen LogP contribution in [0.15, 0.2) is 76.1 Å². The number of hydrogen-bond acceptors (Lipinski definition) is 5. The highest BCUT2D eigenvalue weighted by Gasteiger charge is 2.17. The average Bonchev–Trinajstić information content (AvgIpc) is 3.34. The van der Waals surface area contributed by atoms with Gasteiger partial charge in [0.2, 0.25) is 0 Å². The Hall–Kier alpha value is -4.20. The largest absolute Gasteiger partial charge is 0.459 e. The Bertz CT molecular complexity index is 1320. The molecular weight excluding hydrogens is 408 g/mol. The van der Waals surface area contributed by atoms with Crippen molar-refractivity contribution in [2.24, 2.45) is 0 Å². The van der Waals surface area contributed by atoms with E-state index in [4.69, 9.17) is 4.42 Å². The van der Waals surface area contributed by atoms with E-state index in [9.17, 15) is 14.4 Å². The third-order valence-electron chi connectivity index (χ3n) is 4.94. The fourth-order valence-electron chi connectivity index (χ4n) is 3.30. The number of nitrogens with one attached hydrogen (secondary N) is 2. The predicted octanol–water partition coefficient (Wildman–Crippen LogP) is 3.75. The molecule has 0 saturated heterocycles. The minimum absolute atomic E-state index is 0.178. The monoisotopic (exact) mass is 430 g/mol. The van der Waals surface area contributed by atoms with Crippen LogP contribution in [0.4, 0.5) is 5.69 Å². The Morgan fingerprint density at radius 1 is 0.969 bits per heavy atom. The Morgan fingerprint density at radius 3 is 2.34 bits per heavy atom. The average molecular weight is 430 g/mol. The standard InChI is InChI=1S/C24H22N4O4/c1-15(2)28-24(31)19-7-4-3-6-18(19)21(27-28)23(30)25-14-16-9-11-17(12-10-16)26-22(29)20-8-5-13-32-20/h3-13,15H,14H2,1-2H3,(H,25,30)(H,26,29). The van der Waals surface area contributed by atoms with Crippen LogP contribution in [-0.2, 0) is 6.54 Å². The molecule has 0 atom stereocenters. The van der Waals surface area contributed by atoms with Crippen LogP contribution in [0.5, 0.6) is 0 Å². The first-order valence-corrected chi connectivity index (χ1v) is 10.2. The second-order valence-corrected chi connectivity index (χ2v) is 7.55. The maximum Gasteiger partial charge on any atom is 0.291 e. The number of carbonyl (C=O) groups is 2. The molecule has 0 bridgehead atoms. The maximum absolute atomic E-state index is 12.9. The molecular formula is C24H22N4O4. The molecule has 0 aliphatic heterocycles. The van der Waals surface area contributed by atoms with Crippen molar-refractivity contribution in [3.8, 4) is 0 Å². The second-order valence-electron chi connectivity index (χ2n) is 7.55. The third-order valence-corrected chi connectivity index (χ3v) is 4.94. The highest BCUT2D eigenvalue weighted by Crippen LogP contribution is 2.16. The summed E-state index contributed by atoms with van der Waals surface area (Å²) in [5, 5.41) is 10.9. The highest BCUT2D eigenvalue weighted by atomic mass is 16.3. The molecule has 162 valence electrons. The number of hydrogen-bond donors (Lipinski definition) is 2. The minimum atomic E-state index is -0.370. The van der Waals surface area contributed by atoms with Gasteiger partial charge in [-0.2, -0.15) is 5.10 Å². The third kappa shape index (κ3) is 4.29. The summed E-state index contributed by atoms with van der Waals surface area (Å²) in [6.07, 6.45) is 1.44. The molecule has 2 N–H and O–H groups in total. The molecule has 4 rings (SSSR count). The van der Waals surface area contributed by atoms with Crippen LogP contribution >= 0.6 is 0 Å².